The molecule has 4 heteroatoms. The number of nitrogens with zero attached hydrogens (tertiary/aromatic N) is 1. The zero-order chi connectivity index (χ0) is 16.7. The number of ether oxygens (including phenoxy) is 1. The molecule has 2 aliphatic rings. The highest BCUT2D eigenvalue weighted by molar-refractivity contribution is 5.79. The molecular weight excluding hydrogens is 298 g/mol. The molecule has 2 aliphatic carbocycles. The molecule has 2 fully saturated rings. The first-order valence-corrected chi connectivity index (χ1v) is 9.40. The lowest BCUT2D eigenvalue weighted by atomic mass is 9.64. The van der Waals surface area contributed by atoms with Gasteiger partial charge in [-0.2, -0.15) is 0 Å². The van der Waals surface area contributed by atoms with Gasteiger partial charge in [-0.25, -0.2) is 0 Å². The van der Waals surface area contributed by atoms with Gasteiger partial charge in [0.1, 0.15) is 0 Å². The minimum Gasteiger partial charge on any atom is -0.381 e. The summed E-state index contributed by atoms with van der Waals surface area (Å²) in [6, 6.07) is 10.9. The Bertz CT molecular complexity index is 521. The zero-order valence-electron chi connectivity index (χ0n) is 14.9. The Morgan fingerprint density at radius 1 is 1.21 bits per heavy atom. The standard InChI is InChI=1S/C20H31N3O/c1-21-19(22-13-6-14-24-15-17-9-10-17)23-16-20(11-5-12-20)18-7-3-2-4-8-18/h2-4,7-8,17H,5-6,9-16H2,1H3,(H2,21,22,23). The van der Waals surface area contributed by atoms with Crippen LogP contribution in [-0.2, 0) is 10.2 Å². The van der Waals surface area contributed by atoms with E-state index in [1.165, 1.54) is 37.7 Å². The Morgan fingerprint density at radius 2 is 2.00 bits per heavy atom. The number of nitrogens with one attached hydrogen (secondary N) is 2. The summed E-state index contributed by atoms with van der Waals surface area (Å²) < 4.78 is 5.67. The summed E-state index contributed by atoms with van der Waals surface area (Å²) in [5, 5.41) is 6.93. The summed E-state index contributed by atoms with van der Waals surface area (Å²) in [5.41, 5.74) is 1.74. The molecule has 1 aromatic rings. The highest BCUT2D eigenvalue weighted by Crippen LogP contribution is 2.43. The van der Waals surface area contributed by atoms with Crippen LogP contribution in [0.2, 0.25) is 0 Å². The molecule has 1 aromatic carbocycles. The van der Waals surface area contributed by atoms with Gasteiger partial charge in [0, 0.05) is 38.8 Å². The van der Waals surface area contributed by atoms with Crippen molar-refractivity contribution in [3.63, 3.8) is 0 Å². The Kier molecular flexibility index (Phi) is 6.13. The van der Waals surface area contributed by atoms with Crippen LogP contribution in [0.5, 0.6) is 0 Å². The molecule has 0 radical (unpaired) electrons. The normalized spacial score (nSPS) is 19.6. The smallest absolute Gasteiger partial charge is 0.191 e. The van der Waals surface area contributed by atoms with Crippen molar-refractivity contribution in [3.05, 3.63) is 35.9 Å². The molecule has 2 N–H and O–H groups in total. The third-order valence-corrected chi connectivity index (χ3v) is 5.32. The minimum atomic E-state index is 0.284. The van der Waals surface area contributed by atoms with E-state index >= 15 is 0 Å². The fraction of sp³-hybridized carbons (Fsp3) is 0.650. The molecule has 2 saturated carbocycles. The number of benzene rings is 1. The first kappa shape index (κ1) is 17.3. The van der Waals surface area contributed by atoms with E-state index in [0.717, 1.165) is 44.6 Å². The quantitative estimate of drug-likeness (QED) is 0.416. The van der Waals surface area contributed by atoms with E-state index in [4.69, 9.17) is 4.74 Å². The summed E-state index contributed by atoms with van der Waals surface area (Å²) in [6.07, 6.45) is 7.58. The van der Waals surface area contributed by atoms with Gasteiger partial charge in [-0.3, -0.25) is 4.99 Å². The predicted molar refractivity (Wildman–Crippen MR) is 99.5 cm³/mol. The molecule has 3 rings (SSSR count). The Morgan fingerprint density at radius 3 is 2.62 bits per heavy atom. The van der Waals surface area contributed by atoms with E-state index in [2.05, 4.69) is 46.0 Å². The van der Waals surface area contributed by atoms with Gasteiger partial charge in [0.25, 0.3) is 0 Å². The van der Waals surface area contributed by atoms with Crippen molar-refractivity contribution in [2.75, 3.05) is 33.4 Å². The predicted octanol–water partition coefficient (Wildman–Crippen LogP) is 3.09. The van der Waals surface area contributed by atoms with Crippen molar-refractivity contribution < 1.29 is 4.74 Å². The molecule has 132 valence electrons. The second-order valence-corrected chi connectivity index (χ2v) is 7.22. The average Bonchev–Trinajstić information content (AvgIpc) is 3.40. The second-order valence-electron chi connectivity index (χ2n) is 7.22. The van der Waals surface area contributed by atoms with Crippen LogP contribution in [0, 0.1) is 5.92 Å². The monoisotopic (exact) mass is 329 g/mol. The lowest BCUT2D eigenvalue weighted by Gasteiger charge is -2.43. The number of aliphatic imine (C=N–C) groups is 1. The first-order chi connectivity index (χ1) is 11.8. The SMILES string of the molecule is CN=C(NCCCOCC1CC1)NCC1(c2ccccc2)CCC1. The number of guanidine groups is 1. The maximum atomic E-state index is 5.67. The highest BCUT2D eigenvalue weighted by Gasteiger charge is 2.38. The number of hydrogen-bond acceptors (Lipinski definition) is 2. The fourth-order valence-electron chi connectivity index (χ4n) is 3.35. The third-order valence-electron chi connectivity index (χ3n) is 5.32. The van der Waals surface area contributed by atoms with Crippen LogP contribution in [0.1, 0.15) is 44.1 Å². The highest BCUT2D eigenvalue weighted by atomic mass is 16.5. The van der Waals surface area contributed by atoms with Crippen LogP contribution in [0.15, 0.2) is 35.3 Å². The van der Waals surface area contributed by atoms with E-state index in [0.29, 0.717) is 0 Å². The van der Waals surface area contributed by atoms with Crippen LogP contribution in [-0.4, -0.2) is 39.3 Å². The molecule has 24 heavy (non-hydrogen) atoms. The van der Waals surface area contributed by atoms with Gasteiger partial charge in [0.05, 0.1) is 0 Å². The van der Waals surface area contributed by atoms with E-state index in [9.17, 15) is 0 Å². The topological polar surface area (TPSA) is 45.7 Å². The van der Waals surface area contributed by atoms with E-state index in [1.54, 1.807) is 0 Å². The molecule has 0 heterocycles. The molecule has 0 atom stereocenters. The molecule has 0 aromatic heterocycles. The largest absolute Gasteiger partial charge is 0.381 e. The second kappa shape index (κ2) is 8.52. The van der Waals surface area contributed by atoms with Crippen molar-refractivity contribution >= 4 is 5.96 Å². The lowest BCUT2D eigenvalue weighted by Crippen LogP contribution is -2.49. The Hall–Kier alpha value is -1.55. The summed E-state index contributed by atoms with van der Waals surface area (Å²) in [4.78, 5) is 4.35. The summed E-state index contributed by atoms with van der Waals surface area (Å²) in [5.74, 6) is 1.75. The number of hydrogen-bond donors (Lipinski definition) is 2. The van der Waals surface area contributed by atoms with E-state index in [-0.39, 0.29) is 5.41 Å². The maximum Gasteiger partial charge on any atom is 0.191 e. The molecule has 0 unspecified atom stereocenters. The van der Waals surface area contributed by atoms with Gasteiger partial charge in [-0.15, -0.1) is 0 Å². The van der Waals surface area contributed by atoms with E-state index < -0.39 is 0 Å². The van der Waals surface area contributed by atoms with Crippen LogP contribution in [0.25, 0.3) is 0 Å². The van der Waals surface area contributed by atoms with Gasteiger partial charge in [-0.05, 0) is 43.6 Å². The minimum absolute atomic E-state index is 0.284. The van der Waals surface area contributed by atoms with Gasteiger partial charge < -0.3 is 15.4 Å². The van der Waals surface area contributed by atoms with Crippen molar-refractivity contribution in [1.82, 2.24) is 10.6 Å². The summed E-state index contributed by atoms with van der Waals surface area (Å²) in [7, 11) is 1.84. The Balaban J connectivity index is 1.37. The molecule has 0 amide bonds. The van der Waals surface area contributed by atoms with Gasteiger partial charge >= 0.3 is 0 Å². The van der Waals surface area contributed by atoms with E-state index in [1.807, 2.05) is 7.05 Å². The Labute approximate surface area is 146 Å². The van der Waals surface area contributed by atoms with Crippen molar-refractivity contribution in [2.24, 2.45) is 10.9 Å². The number of rotatable bonds is 9. The van der Waals surface area contributed by atoms with Gasteiger partial charge in [-0.1, -0.05) is 36.8 Å². The molecule has 0 spiro atoms. The van der Waals surface area contributed by atoms with Crippen LogP contribution in [0.4, 0.5) is 0 Å². The van der Waals surface area contributed by atoms with Crippen LogP contribution < -0.4 is 10.6 Å². The molecular formula is C20H31N3O. The lowest BCUT2D eigenvalue weighted by molar-refractivity contribution is 0.123. The van der Waals surface area contributed by atoms with Crippen LogP contribution in [0.3, 0.4) is 0 Å². The summed E-state index contributed by atoms with van der Waals surface area (Å²) >= 11 is 0. The molecule has 0 bridgehead atoms. The molecule has 4 nitrogen and oxygen atoms in total. The van der Waals surface area contributed by atoms with Crippen molar-refractivity contribution in [3.8, 4) is 0 Å². The zero-order valence-corrected chi connectivity index (χ0v) is 14.9. The van der Waals surface area contributed by atoms with Crippen LogP contribution >= 0.6 is 0 Å². The summed E-state index contributed by atoms with van der Waals surface area (Å²) in [6.45, 7) is 3.65. The fourth-order valence-corrected chi connectivity index (χ4v) is 3.35. The third kappa shape index (κ3) is 4.73. The van der Waals surface area contributed by atoms with Gasteiger partial charge in [0.2, 0.25) is 0 Å². The molecule has 0 saturated heterocycles. The average molecular weight is 329 g/mol. The van der Waals surface area contributed by atoms with Gasteiger partial charge in [0.15, 0.2) is 5.96 Å². The van der Waals surface area contributed by atoms with Crippen molar-refractivity contribution in [2.45, 2.75) is 43.9 Å². The first-order valence-electron chi connectivity index (χ1n) is 9.40. The molecule has 0 aliphatic heterocycles. The van der Waals surface area contributed by atoms with Crippen molar-refractivity contribution in [1.29, 1.82) is 0 Å². The maximum absolute atomic E-state index is 5.67.